The van der Waals surface area contributed by atoms with Gasteiger partial charge in [-0.25, -0.2) is 0 Å². The SMILES string of the molecule is Cc1ccc(S(=O)(=O)OC2(c3ccccc3)CCCCC2)cc1. The van der Waals surface area contributed by atoms with E-state index in [1.54, 1.807) is 24.3 Å². The lowest BCUT2D eigenvalue weighted by Crippen LogP contribution is -2.34. The molecule has 3 nitrogen and oxygen atoms in total. The van der Waals surface area contributed by atoms with Gasteiger partial charge in [-0.2, -0.15) is 8.42 Å². The van der Waals surface area contributed by atoms with Crippen molar-refractivity contribution >= 4 is 10.1 Å². The number of benzene rings is 2. The maximum Gasteiger partial charge on any atom is 0.297 e. The Morgan fingerprint density at radius 2 is 1.48 bits per heavy atom. The Kier molecular flexibility index (Phi) is 4.55. The van der Waals surface area contributed by atoms with Gasteiger partial charge in [-0.15, -0.1) is 0 Å². The molecule has 1 saturated carbocycles. The van der Waals surface area contributed by atoms with Gasteiger partial charge in [-0.1, -0.05) is 67.3 Å². The Labute approximate surface area is 138 Å². The van der Waals surface area contributed by atoms with E-state index < -0.39 is 15.7 Å². The van der Waals surface area contributed by atoms with Crippen LogP contribution in [0, 0.1) is 6.92 Å². The first-order chi connectivity index (χ1) is 11.0. The molecule has 3 rings (SSSR count). The van der Waals surface area contributed by atoms with Crippen LogP contribution in [-0.4, -0.2) is 8.42 Å². The van der Waals surface area contributed by atoms with Gasteiger partial charge in [-0.05, 0) is 37.5 Å². The zero-order valence-electron chi connectivity index (χ0n) is 13.4. The third kappa shape index (κ3) is 3.48. The summed E-state index contributed by atoms with van der Waals surface area (Å²) in [6.07, 6.45) is 4.57. The van der Waals surface area contributed by atoms with Crippen molar-refractivity contribution < 1.29 is 12.6 Å². The molecule has 0 unspecified atom stereocenters. The molecule has 4 heteroatoms. The van der Waals surface area contributed by atoms with E-state index in [-0.39, 0.29) is 4.90 Å². The molecule has 122 valence electrons. The van der Waals surface area contributed by atoms with E-state index in [4.69, 9.17) is 4.18 Å². The Morgan fingerprint density at radius 3 is 2.09 bits per heavy atom. The van der Waals surface area contributed by atoms with Gasteiger partial charge in [0.15, 0.2) is 0 Å². The molecule has 0 bridgehead atoms. The van der Waals surface area contributed by atoms with Crippen LogP contribution in [0.3, 0.4) is 0 Å². The molecule has 0 aliphatic heterocycles. The molecule has 1 fully saturated rings. The normalized spacial score (nSPS) is 17.8. The quantitative estimate of drug-likeness (QED) is 0.772. The van der Waals surface area contributed by atoms with Gasteiger partial charge in [0.1, 0.15) is 5.60 Å². The molecular formula is C19H22O3S. The van der Waals surface area contributed by atoms with Gasteiger partial charge in [0.2, 0.25) is 0 Å². The average Bonchev–Trinajstić information content (AvgIpc) is 2.56. The molecule has 0 N–H and O–H groups in total. The predicted octanol–water partition coefficient (Wildman–Crippen LogP) is 4.56. The molecule has 1 aliphatic carbocycles. The van der Waals surface area contributed by atoms with E-state index in [1.807, 2.05) is 37.3 Å². The summed E-state index contributed by atoms with van der Waals surface area (Å²) in [5.41, 5.74) is 1.25. The van der Waals surface area contributed by atoms with Crippen molar-refractivity contribution in [1.29, 1.82) is 0 Å². The number of hydrogen-bond acceptors (Lipinski definition) is 3. The molecule has 0 atom stereocenters. The molecule has 0 saturated heterocycles. The summed E-state index contributed by atoms with van der Waals surface area (Å²) in [4.78, 5) is 0.226. The van der Waals surface area contributed by atoms with Crippen LogP contribution >= 0.6 is 0 Å². The number of hydrogen-bond donors (Lipinski definition) is 0. The molecular weight excluding hydrogens is 308 g/mol. The Balaban J connectivity index is 1.97. The second-order valence-corrected chi connectivity index (χ2v) is 7.82. The highest BCUT2D eigenvalue weighted by Gasteiger charge is 2.39. The van der Waals surface area contributed by atoms with Crippen molar-refractivity contribution in [2.24, 2.45) is 0 Å². The number of aryl methyl sites for hydroxylation is 1. The minimum Gasteiger partial charge on any atom is -0.255 e. The molecule has 2 aromatic rings. The summed E-state index contributed by atoms with van der Waals surface area (Å²) < 4.78 is 31.4. The Bertz CT molecular complexity index is 743. The van der Waals surface area contributed by atoms with E-state index in [9.17, 15) is 8.42 Å². The zero-order chi connectivity index (χ0) is 16.3. The molecule has 0 radical (unpaired) electrons. The molecule has 2 aromatic carbocycles. The molecule has 1 aliphatic rings. The van der Waals surface area contributed by atoms with E-state index >= 15 is 0 Å². The highest BCUT2D eigenvalue weighted by Crippen LogP contribution is 2.42. The lowest BCUT2D eigenvalue weighted by Gasteiger charge is -2.36. The average molecular weight is 330 g/mol. The lowest BCUT2D eigenvalue weighted by atomic mass is 9.80. The minimum atomic E-state index is -3.78. The van der Waals surface area contributed by atoms with Crippen LogP contribution in [0.2, 0.25) is 0 Å². The van der Waals surface area contributed by atoms with Gasteiger partial charge in [0, 0.05) is 0 Å². The topological polar surface area (TPSA) is 43.4 Å². The maximum absolute atomic E-state index is 12.8. The van der Waals surface area contributed by atoms with Gasteiger partial charge >= 0.3 is 0 Å². The van der Waals surface area contributed by atoms with Gasteiger partial charge < -0.3 is 0 Å². The van der Waals surface area contributed by atoms with Crippen molar-refractivity contribution in [3.63, 3.8) is 0 Å². The standard InChI is InChI=1S/C19H22O3S/c1-16-10-12-18(13-11-16)23(20,21)22-19(14-6-3-7-15-19)17-8-4-2-5-9-17/h2,4-5,8-13H,3,6-7,14-15H2,1H3. The number of rotatable bonds is 4. The van der Waals surface area contributed by atoms with Crippen molar-refractivity contribution in [3.05, 3.63) is 65.7 Å². The molecule has 0 heterocycles. The fraction of sp³-hybridized carbons (Fsp3) is 0.368. The van der Waals surface area contributed by atoms with E-state index in [0.29, 0.717) is 0 Å². The first-order valence-corrected chi connectivity index (χ1v) is 9.51. The maximum atomic E-state index is 12.8. The van der Waals surface area contributed by atoms with Gasteiger partial charge in [-0.3, -0.25) is 4.18 Å². The summed E-state index contributed by atoms with van der Waals surface area (Å²) in [5, 5.41) is 0. The van der Waals surface area contributed by atoms with Crippen LogP contribution in [0.5, 0.6) is 0 Å². The fourth-order valence-electron chi connectivity index (χ4n) is 3.25. The second-order valence-electron chi connectivity index (χ2n) is 6.27. The van der Waals surface area contributed by atoms with Crippen LogP contribution < -0.4 is 0 Å². The zero-order valence-corrected chi connectivity index (χ0v) is 14.2. The third-order valence-corrected chi connectivity index (χ3v) is 5.93. The van der Waals surface area contributed by atoms with Crippen molar-refractivity contribution in [2.75, 3.05) is 0 Å². The van der Waals surface area contributed by atoms with Crippen molar-refractivity contribution in [1.82, 2.24) is 0 Å². The fourth-order valence-corrected chi connectivity index (χ4v) is 4.50. The highest BCUT2D eigenvalue weighted by molar-refractivity contribution is 7.86. The summed E-state index contributed by atoms with van der Waals surface area (Å²) in [5.74, 6) is 0. The van der Waals surface area contributed by atoms with Crippen molar-refractivity contribution in [2.45, 2.75) is 49.5 Å². The summed E-state index contributed by atoms with van der Waals surface area (Å²) >= 11 is 0. The van der Waals surface area contributed by atoms with Crippen LogP contribution in [-0.2, 0) is 19.9 Å². The Morgan fingerprint density at radius 1 is 0.870 bits per heavy atom. The second kappa shape index (κ2) is 6.46. The third-order valence-electron chi connectivity index (χ3n) is 4.54. The highest BCUT2D eigenvalue weighted by atomic mass is 32.2. The minimum absolute atomic E-state index is 0.226. The van der Waals surface area contributed by atoms with Gasteiger partial charge in [0.25, 0.3) is 10.1 Å². The molecule has 0 amide bonds. The smallest absolute Gasteiger partial charge is 0.255 e. The largest absolute Gasteiger partial charge is 0.297 e. The van der Waals surface area contributed by atoms with Crippen LogP contribution in [0.15, 0.2) is 59.5 Å². The van der Waals surface area contributed by atoms with E-state index in [0.717, 1.165) is 43.2 Å². The van der Waals surface area contributed by atoms with Crippen molar-refractivity contribution in [3.8, 4) is 0 Å². The summed E-state index contributed by atoms with van der Waals surface area (Å²) in [6.45, 7) is 1.93. The van der Waals surface area contributed by atoms with Gasteiger partial charge in [0.05, 0.1) is 4.90 Å². The van der Waals surface area contributed by atoms with E-state index in [2.05, 4.69) is 0 Å². The van der Waals surface area contributed by atoms with Crippen LogP contribution in [0.1, 0.15) is 43.2 Å². The van der Waals surface area contributed by atoms with E-state index in [1.165, 1.54) is 0 Å². The molecule has 0 spiro atoms. The summed E-state index contributed by atoms with van der Waals surface area (Å²) in [6, 6.07) is 16.6. The Hall–Kier alpha value is -1.65. The summed E-state index contributed by atoms with van der Waals surface area (Å²) in [7, 11) is -3.78. The van der Waals surface area contributed by atoms with Crippen LogP contribution in [0.4, 0.5) is 0 Å². The first-order valence-electron chi connectivity index (χ1n) is 8.10. The molecule has 0 aromatic heterocycles. The monoisotopic (exact) mass is 330 g/mol. The lowest BCUT2D eigenvalue weighted by molar-refractivity contribution is 0.0333. The predicted molar refractivity (Wildman–Crippen MR) is 90.7 cm³/mol. The first kappa shape index (κ1) is 16.2. The van der Waals surface area contributed by atoms with Crippen LogP contribution in [0.25, 0.3) is 0 Å². The molecule has 23 heavy (non-hydrogen) atoms.